The molecule has 2 heteroatoms. The number of rotatable bonds is 3. The van der Waals surface area contributed by atoms with E-state index in [2.05, 4.69) is 0 Å². The predicted octanol–water partition coefficient (Wildman–Crippen LogP) is 3.28. The lowest BCUT2D eigenvalue weighted by Crippen LogP contribution is -1.95. The molecule has 0 radical (unpaired) electrons. The van der Waals surface area contributed by atoms with E-state index in [9.17, 15) is 5.11 Å². The van der Waals surface area contributed by atoms with Gasteiger partial charge in [-0.15, -0.1) is 0 Å². The highest BCUT2D eigenvalue weighted by Gasteiger charge is 2.00. The van der Waals surface area contributed by atoms with E-state index in [0.717, 1.165) is 11.3 Å². The summed E-state index contributed by atoms with van der Waals surface area (Å²) in [5.41, 5.74) is 2.00. The van der Waals surface area contributed by atoms with Crippen molar-refractivity contribution in [2.24, 2.45) is 0 Å². The normalized spacial score (nSPS) is 10.1. The molecule has 0 aliphatic heterocycles. The number of aryl methyl sites for hydroxylation is 1. The third-order valence-corrected chi connectivity index (χ3v) is 2.41. The maximum absolute atomic E-state index is 9.55. The van der Waals surface area contributed by atoms with Gasteiger partial charge in [-0.1, -0.05) is 35.9 Å². The molecule has 0 amide bonds. The van der Waals surface area contributed by atoms with Gasteiger partial charge in [0.15, 0.2) is 0 Å². The number of ether oxygens (including phenoxy) is 1. The van der Waals surface area contributed by atoms with Gasteiger partial charge in [-0.25, -0.2) is 0 Å². The topological polar surface area (TPSA) is 29.5 Å². The molecule has 0 fully saturated rings. The largest absolute Gasteiger partial charge is 0.508 e. The van der Waals surface area contributed by atoms with Crippen LogP contribution in [-0.4, -0.2) is 5.11 Å². The number of aromatic hydroxyl groups is 1. The monoisotopic (exact) mass is 214 g/mol. The smallest absolute Gasteiger partial charge is 0.122 e. The van der Waals surface area contributed by atoms with Crippen LogP contribution in [0.5, 0.6) is 11.5 Å². The fraction of sp³-hybridized carbons (Fsp3) is 0.143. The summed E-state index contributed by atoms with van der Waals surface area (Å²) in [6.45, 7) is 2.42. The lowest BCUT2D eigenvalue weighted by Gasteiger charge is -2.07. The third kappa shape index (κ3) is 2.54. The first-order valence-corrected chi connectivity index (χ1v) is 5.22. The molecule has 16 heavy (non-hydrogen) atoms. The number of para-hydroxylation sites is 1. The van der Waals surface area contributed by atoms with Crippen LogP contribution in [0.15, 0.2) is 48.5 Å². The molecular weight excluding hydrogens is 200 g/mol. The first-order valence-electron chi connectivity index (χ1n) is 5.22. The summed E-state index contributed by atoms with van der Waals surface area (Å²) in [5, 5.41) is 9.55. The molecule has 82 valence electrons. The zero-order valence-electron chi connectivity index (χ0n) is 9.18. The van der Waals surface area contributed by atoms with E-state index in [-0.39, 0.29) is 5.75 Å². The van der Waals surface area contributed by atoms with Crippen LogP contribution in [0, 0.1) is 6.92 Å². The Balaban J connectivity index is 2.02. The summed E-state index contributed by atoms with van der Waals surface area (Å²) >= 11 is 0. The van der Waals surface area contributed by atoms with Crippen LogP contribution >= 0.6 is 0 Å². The molecule has 2 aromatic rings. The summed E-state index contributed by atoms with van der Waals surface area (Å²) < 4.78 is 5.57. The fourth-order valence-corrected chi connectivity index (χ4v) is 1.43. The van der Waals surface area contributed by atoms with Gasteiger partial charge in [-0.05, 0) is 25.1 Å². The molecule has 0 aromatic heterocycles. The lowest BCUT2D eigenvalue weighted by molar-refractivity contribution is 0.299. The Kier molecular flexibility index (Phi) is 3.10. The van der Waals surface area contributed by atoms with Crippen LogP contribution in [0.1, 0.15) is 11.1 Å². The van der Waals surface area contributed by atoms with Gasteiger partial charge in [0.25, 0.3) is 0 Å². The second-order valence-corrected chi connectivity index (χ2v) is 3.73. The van der Waals surface area contributed by atoms with E-state index in [0.29, 0.717) is 6.61 Å². The second-order valence-electron chi connectivity index (χ2n) is 3.73. The SMILES string of the molecule is Cc1ccc(OCc2ccccc2O)cc1. The van der Waals surface area contributed by atoms with Crippen molar-refractivity contribution in [3.05, 3.63) is 59.7 Å². The number of phenolic OH excluding ortho intramolecular Hbond substituents is 1. The van der Waals surface area contributed by atoms with E-state index >= 15 is 0 Å². The highest BCUT2D eigenvalue weighted by atomic mass is 16.5. The van der Waals surface area contributed by atoms with Crippen molar-refractivity contribution >= 4 is 0 Å². The molecule has 2 rings (SSSR count). The summed E-state index contributed by atoms with van der Waals surface area (Å²) in [7, 11) is 0. The first-order chi connectivity index (χ1) is 7.75. The first kappa shape index (κ1) is 10.6. The number of hydrogen-bond donors (Lipinski definition) is 1. The summed E-state index contributed by atoms with van der Waals surface area (Å²) in [4.78, 5) is 0. The zero-order chi connectivity index (χ0) is 11.4. The molecule has 2 aromatic carbocycles. The van der Waals surface area contributed by atoms with Crippen molar-refractivity contribution in [1.82, 2.24) is 0 Å². The molecule has 0 atom stereocenters. The molecular formula is C14H14O2. The molecule has 0 spiro atoms. The Hall–Kier alpha value is -1.96. The maximum atomic E-state index is 9.55. The Labute approximate surface area is 95.1 Å². The van der Waals surface area contributed by atoms with Crippen LogP contribution in [0.25, 0.3) is 0 Å². The van der Waals surface area contributed by atoms with Gasteiger partial charge >= 0.3 is 0 Å². The van der Waals surface area contributed by atoms with E-state index in [4.69, 9.17) is 4.74 Å². The minimum absolute atomic E-state index is 0.273. The van der Waals surface area contributed by atoms with Gasteiger partial charge in [-0.2, -0.15) is 0 Å². The highest BCUT2D eigenvalue weighted by molar-refractivity contribution is 5.32. The lowest BCUT2D eigenvalue weighted by atomic mass is 10.2. The van der Waals surface area contributed by atoms with E-state index in [1.807, 2.05) is 43.3 Å². The van der Waals surface area contributed by atoms with Crippen LogP contribution in [-0.2, 0) is 6.61 Å². The molecule has 2 nitrogen and oxygen atoms in total. The molecule has 0 saturated carbocycles. The molecule has 0 bridgehead atoms. The minimum atomic E-state index is 0.273. The minimum Gasteiger partial charge on any atom is -0.508 e. The molecule has 0 saturated heterocycles. The highest BCUT2D eigenvalue weighted by Crippen LogP contribution is 2.19. The van der Waals surface area contributed by atoms with Gasteiger partial charge in [0.2, 0.25) is 0 Å². The van der Waals surface area contributed by atoms with Crippen molar-refractivity contribution in [2.75, 3.05) is 0 Å². The Morgan fingerprint density at radius 3 is 2.38 bits per heavy atom. The Morgan fingerprint density at radius 1 is 1.00 bits per heavy atom. The average molecular weight is 214 g/mol. The van der Waals surface area contributed by atoms with Crippen molar-refractivity contribution < 1.29 is 9.84 Å². The summed E-state index contributed by atoms with van der Waals surface area (Å²) in [6, 6.07) is 15.0. The Morgan fingerprint density at radius 2 is 1.69 bits per heavy atom. The molecule has 0 aliphatic rings. The predicted molar refractivity (Wildman–Crippen MR) is 63.6 cm³/mol. The number of hydrogen-bond acceptors (Lipinski definition) is 2. The van der Waals surface area contributed by atoms with Crippen molar-refractivity contribution in [3.8, 4) is 11.5 Å². The van der Waals surface area contributed by atoms with E-state index < -0.39 is 0 Å². The van der Waals surface area contributed by atoms with E-state index in [1.54, 1.807) is 12.1 Å². The quantitative estimate of drug-likeness (QED) is 0.849. The number of phenols is 1. The van der Waals surface area contributed by atoms with Crippen LogP contribution in [0.4, 0.5) is 0 Å². The van der Waals surface area contributed by atoms with Crippen molar-refractivity contribution in [3.63, 3.8) is 0 Å². The van der Waals surface area contributed by atoms with Crippen LogP contribution < -0.4 is 4.74 Å². The van der Waals surface area contributed by atoms with Gasteiger partial charge in [0.1, 0.15) is 18.1 Å². The number of benzene rings is 2. The molecule has 0 unspecified atom stereocenters. The van der Waals surface area contributed by atoms with Crippen LogP contribution in [0.3, 0.4) is 0 Å². The summed E-state index contributed by atoms with van der Waals surface area (Å²) in [5.74, 6) is 1.09. The molecule has 0 aliphatic carbocycles. The van der Waals surface area contributed by atoms with Gasteiger partial charge < -0.3 is 9.84 Å². The third-order valence-electron chi connectivity index (χ3n) is 2.41. The average Bonchev–Trinajstić information content (AvgIpc) is 2.30. The van der Waals surface area contributed by atoms with Gasteiger partial charge in [-0.3, -0.25) is 0 Å². The Bertz CT molecular complexity index is 460. The van der Waals surface area contributed by atoms with Crippen molar-refractivity contribution in [1.29, 1.82) is 0 Å². The van der Waals surface area contributed by atoms with Crippen LogP contribution in [0.2, 0.25) is 0 Å². The standard InChI is InChI=1S/C14H14O2/c1-11-6-8-13(9-7-11)16-10-12-4-2-3-5-14(12)15/h2-9,15H,10H2,1H3. The fourth-order valence-electron chi connectivity index (χ4n) is 1.43. The van der Waals surface area contributed by atoms with Gasteiger partial charge in [0, 0.05) is 5.56 Å². The zero-order valence-corrected chi connectivity index (χ0v) is 9.18. The van der Waals surface area contributed by atoms with E-state index in [1.165, 1.54) is 5.56 Å². The summed E-state index contributed by atoms with van der Waals surface area (Å²) in [6.07, 6.45) is 0. The second kappa shape index (κ2) is 4.71. The molecule has 1 N–H and O–H groups in total. The van der Waals surface area contributed by atoms with Gasteiger partial charge in [0.05, 0.1) is 0 Å². The van der Waals surface area contributed by atoms with Crippen molar-refractivity contribution in [2.45, 2.75) is 13.5 Å². The maximum Gasteiger partial charge on any atom is 0.122 e. The molecule has 0 heterocycles.